The summed E-state index contributed by atoms with van der Waals surface area (Å²) in [5, 5.41) is 33.1. The minimum atomic E-state index is -1.71. The molecule has 0 fully saturated rings. The molecule has 3 aromatic carbocycles. The third kappa shape index (κ3) is 3.70. The van der Waals surface area contributed by atoms with Crippen LogP contribution in [0, 0.1) is 0 Å². The zero-order chi connectivity index (χ0) is 24.9. The van der Waals surface area contributed by atoms with Gasteiger partial charge in [0.1, 0.15) is 5.82 Å². The third-order valence-electron chi connectivity index (χ3n) is 5.93. The summed E-state index contributed by atoms with van der Waals surface area (Å²) in [6.07, 6.45) is 0. The maximum Gasteiger partial charge on any atom is 0.274 e. The molecule has 12 heteroatoms. The normalized spacial score (nSPS) is 13.3. The molecule has 1 atom stereocenters. The van der Waals surface area contributed by atoms with Crippen LogP contribution in [-0.2, 0) is 11.4 Å². The van der Waals surface area contributed by atoms with Crippen LogP contribution in [0.25, 0.3) is 27.9 Å². The van der Waals surface area contributed by atoms with E-state index in [1.807, 2.05) is 30.3 Å². The lowest BCUT2D eigenvalue weighted by atomic mass is 9.84. The maximum atomic E-state index is 12.3. The van der Waals surface area contributed by atoms with Crippen molar-refractivity contribution >= 4 is 52.5 Å². The number of aromatic amines is 1. The van der Waals surface area contributed by atoms with Crippen LogP contribution in [0.15, 0.2) is 66.7 Å². The van der Waals surface area contributed by atoms with Gasteiger partial charge in [-0.1, -0.05) is 58.6 Å². The summed E-state index contributed by atoms with van der Waals surface area (Å²) in [7, 11) is 0. The van der Waals surface area contributed by atoms with E-state index in [9.17, 15) is 5.11 Å². The minimum absolute atomic E-state index is 0.175. The lowest BCUT2D eigenvalue weighted by molar-refractivity contribution is 0.116. The van der Waals surface area contributed by atoms with Crippen molar-refractivity contribution in [1.82, 2.24) is 40.2 Å². The van der Waals surface area contributed by atoms with Crippen molar-refractivity contribution in [2.24, 2.45) is 0 Å². The van der Waals surface area contributed by atoms with E-state index in [1.165, 1.54) is 0 Å². The highest BCUT2D eigenvalue weighted by atomic mass is 35.5. The summed E-state index contributed by atoms with van der Waals surface area (Å²) < 4.78 is 1.54. The molecule has 0 spiro atoms. The second-order valence-electron chi connectivity index (χ2n) is 8.07. The van der Waals surface area contributed by atoms with Crippen molar-refractivity contribution in [3.8, 4) is 11.3 Å². The first-order valence-corrected chi connectivity index (χ1v) is 12.2. The number of aromatic nitrogens is 8. The number of H-pyrrole nitrogens is 1. The van der Waals surface area contributed by atoms with Gasteiger partial charge in [-0.05, 0) is 58.0 Å². The highest BCUT2D eigenvalue weighted by molar-refractivity contribution is 7.79. The third-order valence-corrected chi connectivity index (χ3v) is 6.71. The van der Waals surface area contributed by atoms with Crippen LogP contribution in [0.1, 0.15) is 22.8 Å². The highest BCUT2D eigenvalue weighted by Crippen LogP contribution is 2.38. The molecule has 6 rings (SSSR count). The summed E-state index contributed by atoms with van der Waals surface area (Å²) in [4.78, 5) is 9.19. The molecule has 6 aromatic rings. The monoisotopic (exact) mass is 534 g/mol. The highest BCUT2D eigenvalue weighted by Gasteiger charge is 2.38. The summed E-state index contributed by atoms with van der Waals surface area (Å²) in [6.45, 7) is 0. The molecule has 36 heavy (non-hydrogen) atoms. The van der Waals surface area contributed by atoms with Gasteiger partial charge in [0.15, 0.2) is 11.4 Å². The van der Waals surface area contributed by atoms with Crippen LogP contribution in [0.4, 0.5) is 0 Å². The first-order valence-electron chi connectivity index (χ1n) is 10.8. The summed E-state index contributed by atoms with van der Waals surface area (Å²) >= 11 is 16.7. The molecule has 1 unspecified atom stereocenters. The van der Waals surface area contributed by atoms with E-state index < -0.39 is 5.60 Å². The van der Waals surface area contributed by atoms with Crippen LogP contribution in [-0.4, -0.2) is 45.3 Å². The summed E-state index contributed by atoms with van der Waals surface area (Å²) in [5.74, 6) is 1.37. The molecule has 0 saturated heterocycles. The van der Waals surface area contributed by atoms with E-state index in [2.05, 4.69) is 43.3 Å². The number of rotatable bonds is 5. The largest absolute Gasteiger partial charge is 0.373 e. The summed E-state index contributed by atoms with van der Waals surface area (Å²) in [5.41, 5.74) is 1.43. The van der Waals surface area contributed by atoms with Gasteiger partial charge in [-0.3, -0.25) is 5.10 Å². The number of fused-ring (bicyclic) bond motifs is 3. The van der Waals surface area contributed by atoms with E-state index in [1.54, 1.807) is 40.9 Å². The summed E-state index contributed by atoms with van der Waals surface area (Å²) in [6, 6.07) is 19.7. The van der Waals surface area contributed by atoms with Gasteiger partial charge in [0.2, 0.25) is 0 Å². The SMILES string of the molecule is OC(c1ccc(Cl)cc1)(c1ccc2c(c1)c(-c1cccc(Cl)c1)nc1nnnn12)c1n[nH]c(CS)n1. The Kier molecular flexibility index (Phi) is 5.60. The smallest absolute Gasteiger partial charge is 0.274 e. The topological polar surface area (TPSA) is 118 Å². The standard InChI is InChI=1S/C24H16Cl2N8OS/c25-16-7-4-14(5-8-16)24(35,22-27-20(12-36)29-30-22)15-6-9-19-18(11-15)21(13-2-1-3-17(26)10-13)28-23-31-32-33-34(19)23/h1-11,35-36H,12H2,(H,27,29,30). The van der Waals surface area contributed by atoms with Crippen molar-refractivity contribution < 1.29 is 5.11 Å². The fourth-order valence-corrected chi connectivity index (χ4v) is 4.66. The number of hydrogen-bond acceptors (Lipinski definition) is 8. The molecule has 0 amide bonds. The van der Waals surface area contributed by atoms with E-state index in [-0.39, 0.29) is 5.82 Å². The second kappa shape index (κ2) is 8.82. The molecule has 3 heterocycles. The zero-order valence-corrected chi connectivity index (χ0v) is 20.7. The van der Waals surface area contributed by atoms with Gasteiger partial charge in [0.25, 0.3) is 5.78 Å². The van der Waals surface area contributed by atoms with Crippen molar-refractivity contribution in [1.29, 1.82) is 0 Å². The van der Waals surface area contributed by atoms with Crippen LogP contribution in [0.3, 0.4) is 0 Å². The molecule has 0 aliphatic carbocycles. The van der Waals surface area contributed by atoms with Gasteiger partial charge < -0.3 is 5.11 Å². The quantitative estimate of drug-likeness (QED) is 0.279. The van der Waals surface area contributed by atoms with Crippen molar-refractivity contribution in [3.05, 3.63) is 99.6 Å². The minimum Gasteiger partial charge on any atom is -0.373 e. The van der Waals surface area contributed by atoms with Crippen LogP contribution >= 0.6 is 35.8 Å². The number of tetrazole rings is 1. The number of aliphatic hydroxyl groups is 1. The van der Waals surface area contributed by atoms with Crippen molar-refractivity contribution in [3.63, 3.8) is 0 Å². The van der Waals surface area contributed by atoms with Crippen LogP contribution in [0.5, 0.6) is 0 Å². The van der Waals surface area contributed by atoms with Crippen molar-refractivity contribution in [2.75, 3.05) is 0 Å². The first kappa shape index (κ1) is 22.9. The molecular weight excluding hydrogens is 519 g/mol. The number of benzene rings is 3. The predicted molar refractivity (Wildman–Crippen MR) is 139 cm³/mol. The average molecular weight is 535 g/mol. The van der Waals surface area contributed by atoms with Gasteiger partial charge in [0.05, 0.1) is 17.0 Å². The van der Waals surface area contributed by atoms with E-state index in [0.717, 1.165) is 5.56 Å². The van der Waals surface area contributed by atoms with Crippen LogP contribution < -0.4 is 0 Å². The number of nitrogens with one attached hydrogen (secondary N) is 1. The molecule has 0 saturated carbocycles. The van der Waals surface area contributed by atoms with Gasteiger partial charge in [-0.2, -0.15) is 22.2 Å². The lowest BCUT2D eigenvalue weighted by Crippen LogP contribution is -2.30. The Morgan fingerprint density at radius 3 is 2.50 bits per heavy atom. The Bertz CT molecular complexity index is 1740. The van der Waals surface area contributed by atoms with Gasteiger partial charge in [0, 0.05) is 21.0 Å². The molecule has 0 aliphatic heterocycles. The number of nitrogens with zero attached hydrogens (tertiary/aromatic N) is 7. The Morgan fingerprint density at radius 1 is 0.944 bits per heavy atom. The Morgan fingerprint density at radius 2 is 1.75 bits per heavy atom. The number of halogens is 2. The number of thiol groups is 1. The molecular formula is C24H16Cl2N8OS. The fourth-order valence-electron chi connectivity index (χ4n) is 4.20. The predicted octanol–water partition coefficient (Wildman–Crippen LogP) is 4.48. The Hall–Kier alpha value is -3.57. The average Bonchev–Trinajstić information content (AvgIpc) is 3.58. The number of hydrogen-bond donors (Lipinski definition) is 3. The van der Waals surface area contributed by atoms with E-state index in [4.69, 9.17) is 28.2 Å². The van der Waals surface area contributed by atoms with Gasteiger partial charge >= 0.3 is 0 Å². The van der Waals surface area contributed by atoms with Crippen LogP contribution in [0.2, 0.25) is 10.0 Å². The Balaban J connectivity index is 1.66. The molecule has 0 radical (unpaired) electrons. The second-order valence-corrected chi connectivity index (χ2v) is 9.26. The van der Waals surface area contributed by atoms with Gasteiger partial charge in [-0.15, -0.1) is 0 Å². The first-order chi connectivity index (χ1) is 17.5. The molecule has 178 valence electrons. The molecule has 2 N–H and O–H groups in total. The van der Waals surface area contributed by atoms with Gasteiger partial charge in [-0.25, -0.2) is 9.97 Å². The lowest BCUT2D eigenvalue weighted by Gasteiger charge is -2.27. The zero-order valence-electron chi connectivity index (χ0n) is 18.3. The fraction of sp³-hybridized carbons (Fsp3) is 0.0833. The van der Waals surface area contributed by atoms with E-state index >= 15 is 0 Å². The van der Waals surface area contributed by atoms with Crippen molar-refractivity contribution in [2.45, 2.75) is 11.4 Å². The molecule has 0 bridgehead atoms. The maximum absolute atomic E-state index is 12.3. The molecule has 9 nitrogen and oxygen atoms in total. The van der Waals surface area contributed by atoms with E-state index in [0.29, 0.717) is 55.1 Å². The molecule has 3 aromatic heterocycles. The Labute approximate surface area is 219 Å². The molecule has 0 aliphatic rings.